The Morgan fingerprint density at radius 3 is 2.74 bits per heavy atom. The van der Waals surface area contributed by atoms with E-state index in [4.69, 9.17) is 4.74 Å². The molecule has 2 nitrogen and oxygen atoms in total. The lowest BCUT2D eigenvalue weighted by molar-refractivity contribution is -0.180. The first-order valence-electron chi connectivity index (χ1n) is 8.19. The molecule has 2 heterocycles. The van der Waals surface area contributed by atoms with Gasteiger partial charge in [0.05, 0.1) is 17.1 Å². The van der Waals surface area contributed by atoms with Crippen LogP contribution >= 0.6 is 0 Å². The monoisotopic (exact) mass is 260 g/mol. The van der Waals surface area contributed by atoms with E-state index in [2.05, 4.69) is 12.2 Å². The van der Waals surface area contributed by atoms with E-state index in [-0.39, 0.29) is 23.0 Å². The summed E-state index contributed by atoms with van der Waals surface area (Å²) in [6.07, 6.45) is 16.4. The summed E-state index contributed by atoms with van der Waals surface area (Å²) in [5.74, 6) is 0.719. The molecule has 3 fully saturated rings. The quantitative estimate of drug-likeness (QED) is 0.619. The Labute approximate surface area is 115 Å². The summed E-state index contributed by atoms with van der Waals surface area (Å²) in [6.45, 7) is 0. The number of hydrogen-bond acceptors (Lipinski definition) is 2. The first kappa shape index (κ1) is 12.1. The predicted molar refractivity (Wildman–Crippen MR) is 73.8 cm³/mol. The van der Waals surface area contributed by atoms with Crippen LogP contribution in [0.4, 0.5) is 0 Å². The molecule has 0 N–H and O–H groups in total. The third-order valence-electron chi connectivity index (χ3n) is 6.19. The van der Waals surface area contributed by atoms with Gasteiger partial charge < -0.3 is 4.74 Å². The molecule has 0 amide bonds. The van der Waals surface area contributed by atoms with Crippen molar-refractivity contribution in [1.82, 2.24) is 0 Å². The summed E-state index contributed by atoms with van der Waals surface area (Å²) < 4.78 is 6.44. The Bertz CT molecular complexity index is 427. The van der Waals surface area contributed by atoms with E-state index in [0.29, 0.717) is 5.78 Å². The van der Waals surface area contributed by atoms with Gasteiger partial charge in [-0.25, -0.2) is 0 Å². The zero-order valence-corrected chi connectivity index (χ0v) is 11.7. The molecular formula is C17H24O2. The van der Waals surface area contributed by atoms with Crippen LogP contribution in [0.25, 0.3) is 0 Å². The number of ether oxygens (including phenoxy) is 1. The summed E-state index contributed by atoms with van der Waals surface area (Å²) in [5.41, 5.74) is -0.358. The molecule has 2 spiro atoms. The van der Waals surface area contributed by atoms with E-state index in [1.54, 1.807) is 0 Å². The van der Waals surface area contributed by atoms with Gasteiger partial charge in [0.1, 0.15) is 5.78 Å². The molecule has 4 bridgehead atoms. The number of rotatable bonds is 0. The maximum atomic E-state index is 13.2. The van der Waals surface area contributed by atoms with Gasteiger partial charge in [-0.3, -0.25) is 4.79 Å². The second-order valence-electron chi connectivity index (χ2n) is 7.04. The number of carbonyl (C=O) groups excluding carboxylic acids is 1. The number of ketones is 1. The van der Waals surface area contributed by atoms with Crippen LogP contribution in [0.5, 0.6) is 0 Å². The number of fused-ring (bicyclic) bond motifs is 3. The van der Waals surface area contributed by atoms with Gasteiger partial charge in [0.2, 0.25) is 0 Å². The highest BCUT2D eigenvalue weighted by Crippen LogP contribution is 2.61. The smallest absolute Gasteiger partial charge is 0.148 e. The van der Waals surface area contributed by atoms with Crippen molar-refractivity contribution in [1.29, 1.82) is 0 Å². The lowest BCUT2D eigenvalue weighted by Gasteiger charge is -2.49. The second kappa shape index (κ2) is 4.18. The van der Waals surface area contributed by atoms with Crippen molar-refractivity contribution in [3.05, 3.63) is 12.2 Å². The van der Waals surface area contributed by atoms with E-state index in [0.717, 1.165) is 32.1 Å². The van der Waals surface area contributed by atoms with Gasteiger partial charge in [0, 0.05) is 5.92 Å². The molecule has 2 heteroatoms. The van der Waals surface area contributed by atoms with Crippen LogP contribution in [0.2, 0.25) is 0 Å². The fourth-order valence-electron chi connectivity index (χ4n) is 5.22. The van der Waals surface area contributed by atoms with Gasteiger partial charge in [-0.05, 0) is 32.1 Å². The maximum Gasteiger partial charge on any atom is 0.148 e. The standard InChI is InChI=1S/C17H24O2/c18-15-13-7-4-2-1-3-5-9-16(15)10-6-11-17(16)12-8-14(13)19-17/h8,12-14H,1-7,9-11H2/t13-,14-,16-,17+/m0/s1. The maximum absolute atomic E-state index is 13.2. The zero-order valence-electron chi connectivity index (χ0n) is 11.7. The van der Waals surface area contributed by atoms with E-state index in [1.807, 2.05) is 0 Å². The fraction of sp³-hybridized carbons (Fsp3) is 0.824. The molecule has 0 radical (unpaired) electrons. The Hall–Kier alpha value is -0.630. The topological polar surface area (TPSA) is 26.3 Å². The highest BCUT2D eigenvalue weighted by atomic mass is 16.5. The van der Waals surface area contributed by atoms with Crippen LogP contribution in [0.1, 0.15) is 64.2 Å². The fourth-order valence-corrected chi connectivity index (χ4v) is 5.22. The molecule has 1 saturated heterocycles. The van der Waals surface area contributed by atoms with Crippen LogP contribution < -0.4 is 0 Å². The summed E-state index contributed by atoms with van der Waals surface area (Å²) in [7, 11) is 0. The van der Waals surface area contributed by atoms with Crippen molar-refractivity contribution in [2.45, 2.75) is 75.9 Å². The van der Waals surface area contributed by atoms with Crippen molar-refractivity contribution < 1.29 is 9.53 Å². The van der Waals surface area contributed by atoms with Crippen molar-refractivity contribution in [2.75, 3.05) is 0 Å². The highest BCUT2D eigenvalue weighted by Gasteiger charge is 2.66. The predicted octanol–water partition coefficient (Wildman–Crippen LogP) is 3.79. The Kier molecular flexibility index (Phi) is 2.67. The average molecular weight is 260 g/mol. The van der Waals surface area contributed by atoms with E-state index < -0.39 is 0 Å². The summed E-state index contributed by atoms with van der Waals surface area (Å²) >= 11 is 0. The van der Waals surface area contributed by atoms with Gasteiger partial charge in [-0.2, -0.15) is 0 Å². The Morgan fingerprint density at radius 2 is 1.79 bits per heavy atom. The minimum atomic E-state index is -0.204. The molecule has 0 aromatic rings. The largest absolute Gasteiger partial charge is 0.362 e. The number of carbonyl (C=O) groups is 1. The van der Waals surface area contributed by atoms with E-state index in [9.17, 15) is 4.79 Å². The van der Waals surface area contributed by atoms with Crippen molar-refractivity contribution in [3.8, 4) is 0 Å². The van der Waals surface area contributed by atoms with Crippen LogP contribution in [0.15, 0.2) is 12.2 Å². The van der Waals surface area contributed by atoms with Gasteiger partial charge in [0.25, 0.3) is 0 Å². The third-order valence-corrected chi connectivity index (χ3v) is 6.19. The van der Waals surface area contributed by atoms with E-state index >= 15 is 0 Å². The Balaban J connectivity index is 1.77. The number of hydrogen-bond donors (Lipinski definition) is 0. The summed E-state index contributed by atoms with van der Waals surface area (Å²) in [5, 5.41) is 0. The minimum absolute atomic E-state index is 0.0955. The Morgan fingerprint density at radius 1 is 1.00 bits per heavy atom. The molecule has 104 valence electrons. The van der Waals surface area contributed by atoms with Gasteiger partial charge >= 0.3 is 0 Å². The van der Waals surface area contributed by atoms with Gasteiger partial charge in [0.15, 0.2) is 0 Å². The average Bonchev–Trinajstić information content (AvgIpc) is 2.97. The highest BCUT2D eigenvalue weighted by molar-refractivity contribution is 5.91. The SMILES string of the molecule is O=C1[C@H]2CCCCCCC[C@]13CCC[C@@]31C=C[C@@H]2O1. The van der Waals surface area contributed by atoms with Crippen LogP contribution in [0.3, 0.4) is 0 Å². The summed E-state index contributed by atoms with van der Waals surface area (Å²) in [4.78, 5) is 13.2. The van der Waals surface area contributed by atoms with Crippen LogP contribution in [-0.4, -0.2) is 17.5 Å². The first-order chi connectivity index (χ1) is 9.28. The third kappa shape index (κ3) is 1.50. The molecule has 0 unspecified atom stereocenters. The lowest BCUT2D eigenvalue weighted by atomic mass is 9.63. The van der Waals surface area contributed by atoms with Crippen LogP contribution in [-0.2, 0) is 9.53 Å². The molecule has 4 atom stereocenters. The van der Waals surface area contributed by atoms with Gasteiger partial charge in [-0.15, -0.1) is 0 Å². The van der Waals surface area contributed by atoms with Crippen molar-refractivity contribution in [2.24, 2.45) is 11.3 Å². The first-order valence-corrected chi connectivity index (χ1v) is 8.19. The molecule has 2 aliphatic heterocycles. The second-order valence-corrected chi connectivity index (χ2v) is 7.04. The molecule has 2 saturated carbocycles. The van der Waals surface area contributed by atoms with Crippen LogP contribution in [0, 0.1) is 11.3 Å². The number of Topliss-reactive ketones (excluding diaryl/α,β-unsaturated/α-hetero) is 1. The van der Waals surface area contributed by atoms with Crippen molar-refractivity contribution in [3.63, 3.8) is 0 Å². The molecule has 2 aliphatic carbocycles. The molecule has 4 aliphatic rings. The van der Waals surface area contributed by atoms with Crippen molar-refractivity contribution >= 4 is 5.78 Å². The van der Waals surface area contributed by atoms with E-state index in [1.165, 1.54) is 32.1 Å². The van der Waals surface area contributed by atoms with Gasteiger partial charge in [-0.1, -0.05) is 44.3 Å². The molecular weight excluding hydrogens is 236 g/mol. The zero-order chi connectivity index (χ0) is 12.9. The minimum Gasteiger partial charge on any atom is -0.362 e. The molecule has 0 aromatic carbocycles. The molecule has 19 heavy (non-hydrogen) atoms. The summed E-state index contributed by atoms with van der Waals surface area (Å²) in [6, 6.07) is 0. The normalized spacial score (nSPS) is 49.2. The molecule has 4 rings (SSSR count). The lowest BCUT2D eigenvalue weighted by Crippen LogP contribution is -2.57. The molecule has 0 aromatic heterocycles.